The SMILES string of the molecule is C=C(C)C(=O)OC(CCCC(F)(F)COC(OC(=O)C(=C)C)OC(=O)C(=C)C)OC(=O)C(=C)C.C=C(C)C(=O)OCC(F)(F)OC(F)(F)OC(F)(F)C(F)(F)OC(F)(F)COC(=O)C(=C)C.C=CC(=O)OCC(F)(F)CCOC(F)(F)COC(=O)C=C. The molecule has 0 rings (SSSR count). The van der Waals surface area contributed by atoms with Crippen LogP contribution in [0.2, 0.25) is 0 Å². The predicted molar refractivity (Wildman–Crippen MR) is 258 cm³/mol. The van der Waals surface area contributed by atoms with Crippen LogP contribution < -0.4 is 0 Å². The molecule has 0 aromatic heterocycles. The highest BCUT2D eigenvalue weighted by atomic mass is 19.3. The molecule has 0 heterocycles. The van der Waals surface area contributed by atoms with E-state index in [0.717, 1.165) is 13.8 Å². The van der Waals surface area contributed by atoms with Crippen molar-refractivity contribution >= 4 is 47.8 Å². The number of rotatable bonds is 38. The summed E-state index contributed by atoms with van der Waals surface area (Å²) in [5.74, 6) is -16.1. The minimum atomic E-state index is -6.71. The molecule has 87 heavy (non-hydrogen) atoms. The van der Waals surface area contributed by atoms with Gasteiger partial charge in [0, 0.05) is 64.9 Å². The van der Waals surface area contributed by atoms with Gasteiger partial charge in [-0.2, -0.15) is 43.9 Å². The van der Waals surface area contributed by atoms with Crippen LogP contribution in [0.4, 0.5) is 70.2 Å². The Morgan fingerprint density at radius 3 is 1.11 bits per heavy atom. The van der Waals surface area contributed by atoms with Gasteiger partial charge in [-0.05, 0) is 48.0 Å². The molecule has 0 fully saturated rings. The van der Waals surface area contributed by atoms with Gasteiger partial charge in [-0.15, -0.1) is 8.78 Å². The normalized spacial score (nSPS) is 12.0. The Kier molecular flexibility index (Phi) is 35.1. The van der Waals surface area contributed by atoms with E-state index in [1.54, 1.807) is 0 Å². The lowest BCUT2D eigenvalue weighted by molar-refractivity contribution is -0.566. The number of esters is 8. The Morgan fingerprint density at radius 1 is 0.402 bits per heavy atom. The highest BCUT2D eigenvalue weighted by molar-refractivity contribution is 5.90. The number of alkyl halides is 16. The molecule has 0 atom stereocenters. The van der Waals surface area contributed by atoms with E-state index in [0.29, 0.717) is 12.2 Å². The maximum atomic E-state index is 14.3. The molecule has 0 N–H and O–H groups in total. The van der Waals surface area contributed by atoms with Crippen LogP contribution in [-0.2, 0) is 99.9 Å². The lowest BCUT2D eigenvalue weighted by atomic mass is 10.1. The Hall–Kier alpha value is -7.64. The molecule has 0 saturated carbocycles. The van der Waals surface area contributed by atoms with Gasteiger partial charge < -0.3 is 47.4 Å². The zero-order valence-electron chi connectivity index (χ0n) is 46.7. The van der Waals surface area contributed by atoms with Gasteiger partial charge in [-0.25, -0.2) is 70.1 Å². The van der Waals surface area contributed by atoms with E-state index in [9.17, 15) is 109 Å². The van der Waals surface area contributed by atoms with Crippen molar-refractivity contribution in [3.8, 4) is 0 Å². The number of halogens is 16. The molecule has 0 aliphatic carbocycles. The van der Waals surface area contributed by atoms with Crippen molar-refractivity contribution in [2.45, 2.75) is 129 Å². The third-order valence-electron chi connectivity index (χ3n) is 8.18. The average Bonchev–Trinajstić information content (AvgIpc) is 1.52. The van der Waals surface area contributed by atoms with E-state index in [-0.39, 0.29) is 35.1 Å². The molecule has 0 aliphatic rings. The Balaban J connectivity index is -0.00000125. The van der Waals surface area contributed by atoms with E-state index in [2.05, 4.69) is 90.5 Å². The standard InChI is InChI=1S/C23H30F2O9.C15H14F10O7.C12H14F4O5/c1-13(2)18(26)31-17(32-19(27)14(3)4)10-9-11-23(24,25)12-30-22(33-20(28)15(5)6)34-21(29)16(7)8;1-7(2)9(26)28-5-11(16,17)30-13(20,21)14(22,23)32-15(24,25)31-12(18,19)6-29-10(27)8(3)4;1-3-9(17)19-7-11(13,14)5-6-21-12(15,16)8-20-10(18)4-2/h17,22H,1,3,5,7,9-12H2,2,4,6,8H3;1,3,5-6H2,2,4H3;3-4H,1-2,5-8H2. The highest BCUT2D eigenvalue weighted by Gasteiger charge is 2.69. The maximum absolute atomic E-state index is 14.3. The van der Waals surface area contributed by atoms with Gasteiger partial charge in [0.1, 0.15) is 6.61 Å². The first kappa shape index (κ1) is 83.6. The fourth-order valence-corrected chi connectivity index (χ4v) is 4.01. The molecule has 0 aromatic rings. The third-order valence-corrected chi connectivity index (χ3v) is 8.18. The lowest BCUT2D eigenvalue weighted by Crippen LogP contribution is -2.54. The van der Waals surface area contributed by atoms with Crippen LogP contribution in [0.15, 0.2) is 98.2 Å². The molecule has 0 saturated heterocycles. The van der Waals surface area contributed by atoms with Gasteiger partial charge in [0.05, 0.1) is 6.61 Å². The van der Waals surface area contributed by atoms with E-state index < -0.39 is 173 Å². The number of carbonyl (C=O) groups is 8. The first-order valence-corrected chi connectivity index (χ1v) is 23.3. The molecule has 0 unspecified atom stereocenters. The molecule has 496 valence electrons. The van der Waals surface area contributed by atoms with Crippen molar-refractivity contribution in [3.63, 3.8) is 0 Å². The maximum Gasteiger partial charge on any atom is 0.495 e. The van der Waals surface area contributed by atoms with E-state index in [1.165, 1.54) is 27.7 Å². The van der Waals surface area contributed by atoms with Crippen molar-refractivity contribution in [2.24, 2.45) is 0 Å². The van der Waals surface area contributed by atoms with Crippen molar-refractivity contribution in [1.82, 2.24) is 0 Å². The summed E-state index contributed by atoms with van der Waals surface area (Å²) in [5.41, 5.74) is -1.10. The van der Waals surface area contributed by atoms with Gasteiger partial charge in [0.15, 0.2) is 26.4 Å². The summed E-state index contributed by atoms with van der Waals surface area (Å²) < 4.78 is 264. The molecule has 0 aliphatic heterocycles. The molecular formula is C50H58F16O21. The van der Waals surface area contributed by atoms with E-state index in [4.69, 9.17) is 23.7 Å². The molecular weight excluding hydrogens is 1240 g/mol. The van der Waals surface area contributed by atoms with Crippen LogP contribution >= 0.6 is 0 Å². The topological polar surface area (TPSA) is 257 Å². The average molecular weight is 1300 g/mol. The molecule has 0 bridgehead atoms. The minimum Gasteiger partial charge on any atom is -0.456 e. The summed E-state index contributed by atoms with van der Waals surface area (Å²) in [6, 6.07) is 0. The largest absolute Gasteiger partial charge is 0.495 e. The van der Waals surface area contributed by atoms with Crippen molar-refractivity contribution in [2.75, 3.05) is 39.6 Å². The zero-order valence-corrected chi connectivity index (χ0v) is 46.7. The number of carbonyl (C=O) groups excluding carboxylic acids is 8. The summed E-state index contributed by atoms with van der Waals surface area (Å²) in [7, 11) is 0. The number of ether oxygens (including phenoxy) is 13. The van der Waals surface area contributed by atoms with Crippen LogP contribution in [0, 0.1) is 0 Å². The Labute approximate surface area is 484 Å². The number of hydrogen-bond donors (Lipinski definition) is 0. The fourth-order valence-electron chi connectivity index (χ4n) is 4.01. The molecule has 0 spiro atoms. The molecule has 0 radical (unpaired) electrons. The van der Waals surface area contributed by atoms with Crippen LogP contribution in [0.5, 0.6) is 0 Å². The van der Waals surface area contributed by atoms with Crippen LogP contribution in [-0.4, -0.2) is 149 Å². The lowest BCUT2D eigenvalue weighted by Gasteiger charge is -2.31. The summed E-state index contributed by atoms with van der Waals surface area (Å²) in [4.78, 5) is 89.7. The van der Waals surface area contributed by atoms with Gasteiger partial charge in [-0.1, -0.05) is 52.6 Å². The predicted octanol–water partition coefficient (Wildman–Crippen LogP) is 10.2. The second-order valence-electron chi connectivity index (χ2n) is 17.0. The monoisotopic (exact) mass is 1300 g/mol. The summed E-state index contributed by atoms with van der Waals surface area (Å²) >= 11 is 0. The van der Waals surface area contributed by atoms with Crippen LogP contribution in [0.3, 0.4) is 0 Å². The van der Waals surface area contributed by atoms with Crippen molar-refractivity contribution in [3.05, 3.63) is 98.2 Å². The second kappa shape index (κ2) is 36.5. The smallest absolute Gasteiger partial charge is 0.456 e. The summed E-state index contributed by atoms with van der Waals surface area (Å²) in [6.45, 7) is 20.8. The second-order valence-corrected chi connectivity index (χ2v) is 17.0. The summed E-state index contributed by atoms with van der Waals surface area (Å²) in [5, 5.41) is 0. The van der Waals surface area contributed by atoms with Gasteiger partial charge in [-0.3, -0.25) is 0 Å². The quantitative estimate of drug-likeness (QED) is 0.0183. The van der Waals surface area contributed by atoms with E-state index >= 15 is 0 Å². The Morgan fingerprint density at radius 2 is 0.736 bits per heavy atom. The van der Waals surface area contributed by atoms with Gasteiger partial charge in [0.2, 0.25) is 6.29 Å². The number of hydrogen-bond acceptors (Lipinski definition) is 21. The van der Waals surface area contributed by atoms with Crippen LogP contribution in [0.25, 0.3) is 0 Å². The highest BCUT2D eigenvalue weighted by Crippen LogP contribution is 2.44. The zero-order chi connectivity index (χ0) is 68.9. The van der Waals surface area contributed by atoms with Crippen molar-refractivity contribution in [1.29, 1.82) is 0 Å². The van der Waals surface area contributed by atoms with Crippen molar-refractivity contribution < 1.29 is 170 Å². The molecule has 0 aromatic carbocycles. The fraction of sp³-hybridized carbons (Fsp3) is 0.520. The minimum absolute atomic E-state index is 0.0229. The first-order valence-electron chi connectivity index (χ1n) is 23.3. The summed E-state index contributed by atoms with van der Waals surface area (Å²) in [6.07, 6.45) is -36.6. The Bertz CT molecular complexity index is 2400. The molecule has 0 amide bonds. The van der Waals surface area contributed by atoms with E-state index in [1.807, 2.05) is 0 Å². The first-order chi connectivity index (χ1) is 39.2. The van der Waals surface area contributed by atoms with Crippen LogP contribution in [0.1, 0.15) is 67.2 Å². The van der Waals surface area contributed by atoms with Gasteiger partial charge in [0.25, 0.3) is 11.8 Å². The molecule has 21 nitrogen and oxygen atoms in total. The third kappa shape index (κ3) is 38.9. The molecule has 37 heteroatoms. The van der Waals surface area contributed by atoms with Gasteiger partial charge >= 0.3 is 91.1 Å².